The van der Waals surface area contributed by atoms with E-state index in [1.54, 1.807) is 25.1 Å². The third kappa shape index (κ3) is 3.57. The van der Waals surface area contributed by atoms with Crippen LogP contribution >= 0.6 is 0 Å². The normalized spacial score (nSPS) is 11.1. The average molecular weight is 369 g/mol. The second kappa shape index (κ2) is 6.97. The van der Waals surface area contributed by atoms with Crippen LogP contribution in [0.4, 0.5) is 5.69 Å². The van der Waals surface area contributed by atoms with Crippen LogP contribution in [0.25, 0.3) is 11.1 Å². The maximum atomic E-state index is 12.7. The lowest BCUT2D eigenvalue weighted by Crippen LogP contribution is -2.12. The maximum absolute atomic E-state index is 12.7. The number of para-hydroxylation sites is 1. The Kier molecular flexibility index (Phi) is 4.73. The van der Waals surface area contributed by atoms with Crippen LogP contribution in [0.15, 0.2) is 77.7 Å². The monoisotopic (exact) mass is 369 g/mol. The van der Waals surface area contributed by atoms with Gasteiger partial charge in [-0.15, -0.1) is 0 Å². The standard InChI is InChI=1S/C19H15NO5S/c1-14-11-12-19(17(13-14)20(21)22)26(23,24)25-18-10-6-5-9-16(18)15-7-3-2-4-8-15/h2-13H,1H3. The zero-order valence-electron chi connectivity index (χ0n) is 13.8. The molecule has 0 radical (unpaired) electrons. The van der Waals surface area contributed by atoms with Gasteiger partial charge in [-0.2, -0.15) is 8.42 Å². The molecule has 0 saturated carbocycles. The quantitative estimate of drug-likeness (QED) is 0.379. The molecular weight excluding hydrogens is 354 g/mol. The van der Waals surface area contributed by atoms with Crippen molar-refractivity contribution in [2.45, 2.75) is 11.8 Å². The summed E-state index contributed by atoms with van der Waals surface area (Å²) in [5, 5.41) is 11.2. The van der Waals surface area contributed by atoms with Gasteiger partial charge in [-0.05, 0) is 30.2 Å². The van der Waals surface area contributed by atoms with Crippen molar-refractivity contribution in [3.63, 3.8) is 0 Å². The highest BCUT2D eigenvalue weighted by Crippen LogP contribution is 2.33. The number of hydrogen-bond acceptors (Lipinski definition) is 5. The molecule has 132 valence electrons. The maximum Gasteiger partial charge on any atom is 0.346 e. The fraction of sp³-hybridized carbons (Fsp3) is 0.0526. The minimum atomic E-state index is -4.38. The third-order valence-corrected chi connectivity index (χ3v) is 5.03. The first-order valence-corrected chi connectivity index (χ1v) is 9.13. The molecular formula is C19H15NO5S. The smallest absolute Gasteiger partial charge is 0.346 e. The Morgan fingerprint density at radius 3 is 2.27 bits per heavy atom. The van der Waals surface area contributed by atoms with Gasteiger partial charge in [0.25, 0.3) is 5.69 Å². The van der Waals surface area contributed by atoms with Crippen molar-refractivity contribution in [3.05, 3.63) is 88.5 Å². The van der Waals surface area contributed by atoms with E-state index in [2.05, 4.69) is 0 Å². The van der Waals surface area contributed by atoms with Gasteiger partial charge in [0.1, 0.15) is 0 Å². The molecule has 0 aromatic heterocycles. The third-order valence-electron chi connectivity index (χ3n) is 3.75. The summed E-state index contributed by atoms with van der Waals surface area (Å²) in [6, 6.07) is 19.7. The predicted octanol–water partition coefficient (Wildman–Crippen LogP) is 4.34. The van der Waals surface area contributed by atoms with Gasteiger partial charge in [-0.25, -0.2) is 0 Å². The Labute approximate surface area is 151 Å². The number of benzene rings is 3. The van der Waals surface area contributed by atoms with Crippen molar-refractivity contribution in [3.8, 4) is 16.9 Å². The first-order valence-electron chi connectivity index (χ1n) is 7.72. The van der Waals surface area contributed by atoms with Crippen molar-refractivity contribution in [1.29, 1.82) is 0 Å². The number of nitro benzene ring substituents is 1. The highest BCUT2D eigenvalue weighted by molar-refractivity contribution is 7.87. The van der Waals surface area contributed by atoms with E-state index in [9.17, 15) is 18.5 Å². The van der Waals surface area contributed by atoms with Crippen LogP contribution in [0, 0.1) is 17.0 Å². The summed E-state index contributed by atoms with van der Waals surface area (Å²) < 4.78 is 30.7. The molecule has 0 aliphatic rings. The molecule has 3 aromatic rings. The summed E-state index contributed by atoms with van der Waals surface area (Å²) in [6.07, 6.45) is 0. The molecule has 7 heteroatoms. The number of hydrogen-bond donors (Lipinski definition) is 0. The van der Waals surface area contributed by atoms with Crippen LogP contribution in [0.5, 0.6) is 5.75 Å². The van der Waals surface area contributed by atoms with Gasteiger partial charge in [0, 0.05) is 11.6 Å². The van der Waals surface area contributed by atoms with Crippen molar-refractivity contribution in [2.75, 3.05) is 0 Å². The Morgan fingerprint density at radius 1 is 0.923 bits per heavy atom. The molecule has 3 aromatic carbocycles. The van der Waals surface area contributed by atoms with E-state index >= 15 is 0 Å². The number of nitro groups is 1. The van der Waals surface area contributed by atoms with Crippen molar-refractivity contribution in [2.24, 2.45) is 0 Å². The Hall–Kier alpha value is -3.19. The van der Waals surface area contributed by atoms with Crippen LogP contribution in [-0.2, 0) is 10.1 Å². The number of nitrogens with zero attached hydrogens (tertiary/aromatic N) is 1. The van der Waals surface area contributed by atoms with Gasteiger partial charge in [-0.3, -0.25) is 10.1 Å². The molecule has 0 heterocycles. The first kappa shape index (κ1) is 17.6. The molecule has 0 atom stereocenters. The van der Waals surface area contributed by atoms with Gasteiger partial charge in [0.2, 0.25) is 0 Å². The molecule has 6 nitrogen and oxygen atoms in total. The topological polar surface area (TPSA) is 86.5 Å². The summed E-state index contributed by atoms with van der Waals surface area (Å²) >= 11 is 0. The SMILES string of the molecule is Cc1ccc(S(=O)(=O)Oc2ccccc2-c2ccccc2)c([N+](=O)[O-])c1. The first-order chi connectivity index (χ1) is 12.4. The minimum absolute atomic E-state index is 0.105. The molecule has 0 aliphatic carbocycles. The fourth-order valence-corrected chi connectivity index (χ4v) is 3.64. The number of rotatable bonds is 5. The van der Waals surface area contributed by atoms with Crippen molar-refractivity contribution < 1.29 is 17.5 Å². The molecule has 0 amide bonds. The van der Waals surface area contributed by atoms with Gasteiger partial charge < -0.3 is 4.18 Å². The van der Waals surface area contributed by atoms with E-state index in [-0.39, 0.29) is 5.75 Å². The van der Waals surface area contributed by atoms with E-state index in [0.29, 0.717) is 11.1 Å². The molecule has 0 saturated heterocycles. The molecule has 0 unspecified atom stereocenters. The zero-order chi connectivity index (χ0) is 18.7. The molecule has 26 heavy (non-hydrogen) atoms. The molecule has 0 fully saturated rings. The fourth-order valence-electron chi connectivity index (χ4n) is 2.54. The van der Waals surface area contributed by atoms with Gasteiger partial charge in [0.05, 0.1) is 4.92 Å². The summed E-state index contributed by atoms with van der Waals surface area (Å²) in [5.41, 5.74) is 1.42. The van der Waals surface area contributed by atoms with E-state index in [0.717, 1.165) is 5.56 Å². The zero-order valence-corrected chi connectivity index (χ0v) is 14.6. The van der Waals surface area contributed by atoms with E-state index in [1.165, 1.54) is 24.3 Å². The minimum Gasteiger partial charge on any atom is -0.378 e. The van der Waals surface area contributed by atoms with Crippen LogP contribution in [-0.4, -0.2) is 13.3 Å². The molecule has 0 aliphatic heterocycles. The summed E-state index contributed by atoms with van der Waals surface area (Å²) in [6.45, 7) is 1.65. The molecule has 0 spiro atoms. The Bertz CT molecular complexity index is 1060. The van der Waals surface area contributed by atoms with Crippen LogP contribution in [0.3, 0.4) is 0 Å². The average Bonchev–Trinajstić information content (AvgIpc) is 2.62. The largest absolute Gasteiger partial charge is 0.378 e. The van der Waals surface area contributed by atoms with Crippen LogP contribution < -0.4 is 4.18 Å². The highest BCUT2D eigenvalue weighted by Gasteiger charge is 2.28. The highest BCUT2D eigenvalue weighted by atomic mass is 32.2. The van der Waals surface area contributed by atoms with Gasteiger partial charge in [0.15, 0.2) is 10.6 Å². The van der Waals surface area contributed by atoms with Gasteiger partial charge >= 0.3 is 10.1 Å². The van der Waals surface area contributed by atoms with E-state index in [4.69, 9.17) is 4.18 Å². The second-order valence-electron chi connectivity index (χ2n) is 5.63. The lowest BCUT2D eigenvalue weighted by molar-refractivity contribution is -0.387. The summed E-state index contributed by atoms with van der Waals surface area (Å²) in [5.74, 6) is 0.105. The van der Waals surface area contributed by atoms with E-state index in [1.807, 2.05) is 30.3 Å². The molecule has 0 N–H and O–H groups in total. The van der Waals surface area contributed by atoms with Crippen LogP contribution in [0.2, 0.25) is 0 Å². The number of aryl methyl sites for hydroxylation is 1. The van der Waals surface area contributed by atoms with Gasteiger partial charge in [-0.1, -0.05) is 54.6 Å². The summed E-state index contributed by atoms with van der Waals surface area (Å²) in [7, 11) is -4.38. The second-order valence-corrected chi connectivity index (χ2v) is 7.14. The molecule has 3 rings (SSSR count). The molecule has 0 bridgehead atoms. The summed E-state index contributed by atoms with van der Waals surface area (Å²) in [4.78, 5) is 10.0. The Balaban J connectivity index is 2.07. The van der Waals surface area contributed by atoms with Crippen molar-refractivity contribution >= 4 is 15.8 Å². The predicted molar refractivity (Wildman–Crippen MR) is 97.5 cm³/mol. The Morgan fingerprint density at radius 2 is 1.58 bits per heavy atom. The van der Waals surface area contributed by atoms with E-state index < -0.39 is 25.6 Å². The van der Waals surface area contributed by atoms with Crippen LogP contribution in [0.1, 0.15) is 5.56 Å². The lowest BCUT2D eigenvalue weighted by atomic mass is 10.1. The lowest BCUT2D eigenvalue weighted by Gasteiger charge is -2.12. The van der Waals surface area contributed by atoms with Crippen molar-refractivity contribution in [1.82, 2.24) is 0 Å².